The first-order valence-electron chi connectivity index (χ1n) is 13.7. The average molecular weight is 588 g/mol. The lowest BCUT2D eigenvalue weighted by molar-refractivity contribution is -0.140. The molecule has 2 atom stereocenters. The third kappa shape index (κ3) is 5.42. The molecular weight excluding hydrogens is 558 g/mol. The Balaban J connectivity index is 1.32. The molecule has 0 aromatic heterocycles. The highest BCUT2D eigenvalue weighted by molar-refractivity contribution is 6.32. The Kier molecular flexibility index (Phi) is 7.80. The van der Waals surface area contributed by atoms with E-state index in [1.165, 1.54) is 0 Å². The number of ketones is 1. The molecule has 0 saturated heterocycles. The van der Waals surface area contributed by atoms with E-state index in [0.717, 1.165) is 17.0 Å². The van der Waals surface area contributed by atoms with Gasteiger partial charge in [-0.2, -0.15) is 0 Å². The van der Waals surface area contributed by atoms with Crippen molar-refractivity contribution in [3.63, 3.8) is 0 Å². The van der Waals surface area contributed by atoms with Gasteiger partial charge in [-0.1, -0.05) is 41.9 Å². The molecule has 2 aliphatic heterocycles. The zero-order chi connectivity index (χ0) is 29.2. The number of allylic oxidation sites excluding steroid dienone is 3. The third-order valence-electron chi connectivity index (χ3n) is 7.77. The molecule has 3 aromatic carbocycles. The molecule has 3 aliphatic rings. The SMILES string of the molecule is COc1ccc([C@H]2CC(=O)C3=C(C2)NC(C)=C(C(=O)OCCOc2ccccc2)[C@@H]3c2cc3c(cc2Cl)OCO3)cc1. The first-order chi connectivity index (χ1) is 20.4. The van der Waals surface area contributed by atoms with E-state index in [-0.39, 0.29) is 38.1 Å². The predicted octanol–water partition coefficient (Wildman–Crippen LogP) is 6.06. The Morgan fingerprint density at radius 1 is 0.976 bits per heavy atom. The normalized spacial score (nSPS) is 19.3. The van der Waals surface area contributed by atoms with Gasteiger partial charge in [0.2, 0.25) is 6.79 Å². The fourth-order valence-electron chi connectivity index (χ4n) is 5.77. The summed E-state index contributed by atoms with van der Waals surface area (Å²) in [6.45, 7) is 2.10. The summed E-state index contributed by atoms with van der Waals surface area (Å²) in [7, 11) is 1.62. The van der Waals surface area contributed by atoms with Gasteiger partial charge in [0.15, 0.2) is 17.3 Å². The number of halogens is 1. The van der Waals surface area contributed by atoms with Crippen LogP contribution in [0.25, 0.3) is 0 Å². The number of dihydropyridines is 1. The van der Waals surface area contributed by atoms with Crippen LogP contribution >= 0.6 is 11.6 Å². The molecule has 2 heterocycles. The summed E-state index contributed by atoms with van der Waals surface area (Å²) < 4.78 is 27.8. The fourth-order valence-corrected chi connectivity index (χ4v) is 6.04. The molecule has 9 heteroatoms. The first-order valence-corrected chi connectivity index (χ1v) is 14.1. The van der Waals surface area contributed by atoms with Gasteiger partial charge in [-0.05, 0) is 60.7 Å². The van der Waals surface area contributed by atoms with Crippen molar-refractivity contribution in [2.75, 3.05) is 27.1 Å². The van der Waals surface area contributed by atoms with Crippen LogP contribution in [0.15, 0.2) is 89.3 Å². The first kappa shape index (κ1) is 27.7. The van der Waals surface area contributed by atoms with Crippen molar-refractivity contribution in [3.05, 3.63) is 105 Å². The zero-order valence-electron chi connectivity index (χ0n) is 23.3. The molecule has 42 heavy (non-hydrogen) atoms. The van der Waals surface area contributed by atoms with Gasteiger partial charge < -0.3 is 29.0 Å². The largest absolute Gasteiger partial charge is 0.497 e. The minimum Gasteiger partial charge on any atom is -0.497 e. The lowest BCUT2D eigenvalue weighted by atomic mass is 9.71. The summed E-state index contributed by atoms with van der Waals surface area (Å²) in [5, 5.41) is 3.74. The molecule has 0 radical (unpaired) electrons. The lowest BCUT2D eigenvalue weighted by Gasteiger charge is -2.37. The van der Waals surface area contributed by atoms with Gasteiger partial charge in [-0.15, -0.1) is 0 Å². The van der Waals surface area contributed by atoms with Crippen molar-refractivity contribution in [1.29, 1.82) is 0 Å². The Bertz CT molecular complexity index is 1580. The number of esters is 1. The maximum atomic E-state index is 13.9. The number of hydrogen-bond acceptors (Lipinski definition) is 8. The van der Waals surface area contributed by atoms with Crippen LogP contribution in [0.2, 0.25) is 5.02 Å². The molecule has 0 saturated carbocycles. The summed E-state index contributed by atoms with van der Waals surface area (Å²) in [6, 6.07) is 20.5. The standard InChI is InChI=1S/C33H30ClNO7/c1-19-30(33(37)40-13-12-39-23-6-4-3-5-7-23)31(24-16-28-29(17-25(24)34)42-18-41-28)32-26(35-19)14-21(15-27(32)36)20-8-10-22(38-2)11-9-20/h3-11,16-17,21,31,35H,12-15,18H2,1-2H3/t21-,31+/m1/s1. The van der Waals surface area contributed by atoms with Crippen LogP contribution in [0.5, 0.6) is 23.0 Å². The number of Topliss-reactive ketones (excluding diaryl/α,β-unsaturated/α-hetero) is 1. The summed E-state index contributed by atoms with van der Waals surface area (Å²) in [4.78, 5) is 27.6. The van der Waals surface area contributed by atoms with Gasteiger partial charge in [-0.25, -0.2) is 4.79 Å². The van der Waals surface area contributed by atoms with Crippen molar-refractivity contribution in [2.24, 2.45) is 0 Å². The Labute approximate surface area is 248 Å². The summed E-state index contributed by atoms with van der Waals surface area (Å²) in [6.07, 6.45) is 0.883. The van der Waals surface area contributed by atoms with E-state index in [0.29, 0.717) is 51.1 Å². The van der Waals surface area contributed by atoms with Gasteiger partial charge >= 0.3 is 5.97 Å². The van der Waals surface area contributed by atoms with Gasteiger partial charge in [-0.3, -0.25) is 4.79 Å². The number of ether oxygens (including phenoxy) is 5. The maximum absolute atomic E-state index is 13.9. The van der Waals surface area contributed by atoms with Crippen LogP contribution in [0.3, 0.4) is 0 Å². The van der Waals surface area contributed by atoms with E-state index < -0.39 is 11.9 Å². The third-order valence-corrected chi connectivity index (χ3v) is 8.09. The van der Waals surface area contributed by atoms with Crippen molar-refractivity contribution < 1.29 is 33.3 Å². The van der Waals surface area contributed by atoms with E-state index in [2.05, 4.69) is 5.32 Å². The number of methoxy groups -OCH3 is 1. The number of hydrogen-bond donors (Lipinski definition) is 1. The van der Waals surface area contributed by atoms with E-state index >= 15 is 0 Å². The minimum absolute atomic E-state index is 0.0287. The van der Waals surface area contributed by atoms with Crippen LogP contribution < -0.4 is 24.3 Å². The Hall–Kier alpha value is -4.43. The molecule has 0 spiro atoms. The summed E-state index contributed by atoms with van der Waals surface area (Å²) in [5.41, 5.74) is 3.83. The van der Waals surface area contributed by atoms with Crippen LogP contribution in [-0.2, 0) is 14.3 Å². The molecule has 6 rings (SSSR count). The number of nitrogens with one attached hydrogen (secondary N) is 1. The van der Waals surface area contributed by atoms with Crippen LogP contribution in [0.1, 0.15) is 42.7 Å². The fraction of sp³-hybridized carbons (Fsp3) is 0.273. The number of benzene rings is 3. The highest BCUT2D eigenvalue weighted by Crippen LogP contribution is 2.49. The van der Waals surface area contributed by atoms with E-state index in [1.807, 2.05) is 61.5 Å². The quantitative estimate of drug-likeness (QED) is 0.251. The second-order valence-electron chi connectivity index (χ2n) is 10.3. The molecule has 216 valence electrons. The van der Waals surface area contributed by atoms with Gasteiger partial charge in [0.1, 0.15) is 24.7 Å². The highest BCUT2D eigenvalue weighted by Gasteiger charge is 2.42. The van der Waals surface area contributed by atoms with Gasteiger partial charge in [0, 0.05) is 40.4 Å². The number of rotatable bonds is 8. The van der Waals surface area contributed by atoms with E-state index in [9.17, 15) is 9.59 Å². The molecule has 0 unspecified atom stereocenters. The van der Waals surface area contributed by atoms with Crippen molar-refractivity contribution >= 4 is 23.4 Å². The zero-order valence-corrected chi connectivity index (χ0v) is 24.0. The minimum atomic E-state index is -0.741. The monoisotopic (exact) mass is 587 g/mol. The molecule has 1 N–H and O–H groups in total. The lowest BCUT2D eigenvalue weighted by Crippen LogP contribution is -2.36. The molecule has 0 amide bonds. The van der Waals surface area contributed by atoms with Gasteiger partial charge in [0.05, 0.1) is 12.7 Å². The smallest absolute Gasteiger partial charge is 0.336 e. The number of carbonyl (C=O) groups excluding carboxylic acids is 2. The van der Waals surface area contributed by atoms with E-state index in [1.54, 1.807) is 19.2 Å². The summed E-state index contributed by atoms with van der Waals surface area (Å²) in [5.74, 6) is 1.09. The Morgan fingerprint density at radius 3 is 2.45 bits per heavy atom. The molecule has 0 fully saturated rings. The molecule has 0 bridgehead atoms. The van der Waals surface area contributed by atoms with Crippen molar-refractivity contribution in [1.82, 2.24) is 5.32 Å². The molecule has 1 aliphatic carbocycles. The van der Waals surface area contributed by atoms with Gasteiger partial charge in [0.25, 0.3) is 0 Å². The molecule has 3 aromatic rings. The molecule has 8 nitrogen and oxygen atoms in total. The topological polar surface area (TPSA) is 92.3 Å². The highest BCUT2D eigenvalue weighted by atomic mass is 35.5. The summed E-state index contributed by atoms with van der Waals surface area (Å²) >= 11 is 6.79. The predicted molar refractivity (Wildman–Crippen MR) is 156 cm³/mol. The Morgan fingerprint density at radius 2 is 1.71 bits per heavy atom. The van der Waals surface area contributed by atoms with Crippen LogP contribution in [0, 0.1) is 0 Å². The molecular formula is C33H30ClNO7. The van der Waals surface area contributed by atoms with Crippen molar-refractivity contribution in [3.8, 4) is 23.0 Å². The average Bonchev–Trinajstić information content (AvgIpc) is 3.46. The van der Waals surface area contributed by atoms with Crippen molar-refractivity contribution in [2.45, 2.75) is 31.6 Å². The van der Waals surface area contributed by atoms with Crippen LogP contribution in [0.4, 0.5) is 0 Å². The maximum Gasteiger partial charge on any atom is 0.336 e. The van der Waals surface area contributed by atoms with E-state index in [4.69, 9.17) is 35.3 Å². The van der Waals surface area contributed by atoms with Crippen LogP contribution in [-0.4, -0.2) is 38.9 Å². The number of fused-ring (bicyclic) bond motifs is 1. The number of carbonyl (C=O) groups is 2. The second-order valence-corrected chi connectivity index (χ2v) is 10.7. The second kappa shape index (κ2) is 11.8. The number of para-hydroxylation sites is 1.